The summed E-state index contributed by atoms with van der Waals surface area (Å²) in [7, 11) is 0. The summed E-state index contributed by atoms with van der Waals surface area (Å²) in [5.41, 5.74) is 17.4. The summed E-state index contributed by atoms with van der Waals surface area (Å²) in [6.07, 6.45) is 0. The Morgan fingerprint density at radius 3 is 1.59 bits per heavy atom. The van der Waals surface area contributed by atoms with Gasteiger partial charge in [0.05, 0.1) is 0 Å². The molecule has 1 heterocycles. The van der Waals surface area contributed by atoms with Gasteiger partial charge in [-0.05, 0) is 132 Å². The van der Waals surface area contributed by atoms with Gasteiger partial charge in [-0.15, -0.1) is 0 Å². The van der Waals surface area contributed by atoms with Gasteiger partial charge in [0, 0.05) is 28.0 Å². The van der Waals surface area contributed by atoms with Crippen molar-refractivity contribution < 1.29 is 4.42 Å². The summed E-state index contributed by atoms with van der Waals surface area (Å²) < 4.78 is 6.44. The Kier molecular flexibility index (Phi) is 9.85. The second-order valence-electron chi connectivity index (χ2n) is 16.7. The fourth-order valence-corrected chi connectivity index (χ4v) is 9.47. The predicted octanol–water partition coefficient (Wildman–Crippen LogP) is 17.6. The van der Waals surface area contributed by atoms with Crippen molar-refractivity contribution in [2.24, 2.45) is 0 Å². The third kappa shape index (κ3) is 7.19. The number of anilines is 3. The molecule has 66 heavy (non-hydrogen) atoms. The zero-order chi connectivity index (χ0) is 43.8. The fourth-order valence-electron chi connectivity index (χ4n) is 9.47. The van der Waals surface area contributed by atoms with E-state index in [0.29, 0.717) is 5.89 Å². The van der Waals surface area contributed by atoms with Gasteiger partial charge in [0.2, 0.25) is 5.89 Å². The van der Waals surface area contributed by atoms with E-state index in [1.54, 1.807) is 0 Å². The summed E-state index contributed by atoms with van der Waals surface area (Å²) in [6.45, 7) is 0. The van der Waals surface area contributed by atoms with Crippen molar-refractivity contribution in [2.75, 3.05) is 4.90 Å². The van der Waals surface area contributed by atoms with E-state index < -0.39 is 0 Å². The van der Waals surface area contributed by atoms with E-state index in [4.69, 9.17) is 9.40 Å². The molecule has 0 atom stereocenters. The highest BCUT2D eigenvalue weighted by Gasteiger charge is 2.20. The molecular weight excluding hydrogens is 801 g/mol. The highest BCUT2D eigenvalue weighted by molar-refractivity contribution is 6.11. The van der Waals surface area contributed by atoms with Crippen LogP contribution >= 0.6 is 0 Å². The maximum atomic E-state index is 6.44. The zero-order valence-electron chi connectivity index (χ0n) is 36.1. The summed E-state index contributed by atoms with van der Waals surface area (Å²) >= 11 is 0. The van der Waals surface area contributed by atoms with E-state index in [-0.39, 0.29) is 0 Å². The molecular formula is C63H42N2O. The molecule has 310 valence electrons. The average molecular weight is 843 g/mol. The summed E-state index contributed by atoms with van der Waals surface area (Å²) in [4.78, 5) is 7.51. The third-order valence-corrected chi connectivity index (χ3v) is 12.7. The van der Waals surface area contributed by atoms with Crippen molar-refractivity contribution in [1.29, 1.82) is 0 Å². The van der Waals surface area contributed by atoms with Gasteiger partial charge in [-0.25, -0.2) is 4.98 Å². The Morgan fingerprint density at radius 1 is 0.288 bits per heavy atom. The van der Waals surface area contributed by atoms with Gasteiger partial charge in [0.25, 0.3) is 0 Å². The molecule has 0 aliphatic rings. The molecule has 0 radical (unpaired) electrons. The molecule has 0 N–H and O–H groups in total. The molecule has 0 saturated carbocycles. The average Bonchev–Trinajstić information content (AvgIpc) is 3.85. The van der Waals surface area contributed by atoms with Crippen molar-refractivity contribution in [1.82, 2.24) is 4.98 Å². The quantitative estimate of drug-likeness (QED) is 0.145. The Bertz CT molecular complexity index is 3670. The van der Waals surface area contributed by atoms with Crippen LogP contribution in [0, 0.1) is 0 Å². The lowest BCUT2D eigenvalue weighted by Crippen LogP contribution is -2.10. The van der Waals surface area contributed by atoms with Crippen LogP contribution in [0.25, 0.3) is 99.7 Å². The molecule has 0 aliphatic heterocycles. The lowest BCUT2D eigenvalue weighted by molar-refractivity contribution is 0.620. The molecule has 0 aliphatic carbocycles. The first-order chi connectivity index (χ1) is 32.7. The summed E-state index contributed by atoms with van der Waals surface area (Å²) in [5.74, 6) is 0.610. The van der Waals surface area contributed by atoms with E-state index in [0.717, 1.165) is 77.9 Å². The minimum absolute atomic E-state index is 0.610. The smallest absolute Gasteiger partial charge is 0.227 e. The molecule has 12 aromatic rings. The maximum absolute atomic E-state index is 6.44. The Hall–Kier alpha value is -8.79. The monoisotopic (exact) mass is 842 g/mol. The van der Waals surface area contributed by atoms with Crippen LogP contribution in [0.5, 0.6) is 0 Å². The van der Waals surface area contributed by atoms with Gasteiger partial charge in [-0.3, -0.25) is 0 Å². The first kappa shape index (κ1) is 38.9. The number of benzene rings is 11. The van der Waals surface area contributed by atoms with Crippen molar-refractivity contribution in [3.8, 4) is 67.1 Å². The Labute approximate surface area is 384 Å². The van der Waals surface area contributed by atoms with Gasteiger partial charge >= 0.3 is 0 Å². The third-order valence-electron chi connectivity index (χ3n) is 12.7. The van der Waals surface area contributed by atoms with Crippen molar-refractivity contribution in [3.63, 3.8) is 0 Å². The van der Waals surface area contributed by atoms with Gasteiger partial charge in [0.1, 0.15) is 5.52 Å². The highest BCUT2D eigenvalue weighted by atomic mass is 16.3. The molecule has 1 aromatic heterocycles. The number of aromatic nitrogens is 1. The number of fused-ring (bicyclic) bond motifs is 4. The number of hydrogen-bond acceptors (Lipinski definition) is 3. The van der Waals surface area contributed by atoms with Crippen molar-refractivity contribution >= 4 is 49.7 Å². The predicted molar refractivity (Wildman–Crippen MR) is 276 cm³/mol. The van der Waals surface area contributed by atoms with E-state index in [2.05, 4.69) is 254 Å². The molecule has 0 unspecified atom stereocenters. The highest BCUT2D eigenvalue weighted by Crippen LogP contribution is 2.44. The van der Waals surface area contributed by atoms with Crippen LogP contribution in [0.3, 0.4) is 0 Å². The summed E-state index contributed by atoms with van der Waals surface area (Å²) in [5, 5.41) is 4.65. The van der Waals surface area contributed by atoms with E-state index >= 15 is 0 Å². The lowest BCUT2D eigenvalue weighted by atomic mass is 9.90. The van der Waals surface area contributed by atoms with Crippen LogP contribution in [0.15, 0.2) is 259 Å². The van der Waals surface area contributed by atoms with Crippen LogP contribution in [0.2, 0.25) is 0 Å². The minimum Gasteiger partial charge on any atom is -0.436 e. The van der Waals surface area contributed by atoms with Gasteiger partial charge in [-0.1, -0.05) is 194 Å². The molecule has 0 saturated heterocycles. The van der Waals surface area contributed by atoms with Crippen LogP contribution in [-0.4, -0.2) is 4.98 Å². The van der Waals surface area contributed by atoms with Crippen molar-refractivity contribution in [2.45, 2.75) is 0 Å². The standard InChI is InChI=1S/C63H42N2O/c1-4-15-43(16-5-1)45-29-31-49(32-30-45)63-64-62-59-28-14-27-56(57(59)39-40-61(62)66-63)58-38-37-53(42-60(58)47-19-8-3-9-20-47)65(52-24-12-23-50(41-52)44-17-6-2-7-18-44)51-35-33-48(34-36-51)55-26-13-22-46-21-10-11-25-54(46)55/h1-42H. The zero-order valence-corrected chi connectivity index (χ0v) is 36.1. The second kappa shape index (κ2) is 16.7. The molecule has 3 nitrogen and oxygen atoms in total. The number of rotatable bonds is 9. The lowest BCUT2D eigenvalue weighted by Gasteiger charge is -2.27. The molecule has 0 spiro atoms. The van der Waals surface area contributed by atoms with Crippen LogP contribution < -0.4 is 4.90 Å². The Morgan fingerprint density at radius 2 is 0.818 bits per heavy atom. The molecule has 12 rings (SSSR count). The fraction of sp³-hybridized carbons (Fsp3) is 0. The largest absolute Gasteiger partial charge is 0.436 e. The first-order valence-electron chi connectivity index (χ1n) is 22.4. The number of oxazole rings is 1. The normalized spacial score (nSPS) is 11.3. The molecule has 3 heteroatoms. The first-order valence-corrected chi connectivity index (χ1v) is 22.4. The Balaban J connectivity index is 0.983. The molecule has 0 fully saturated rings. The minimum atomic E-state index is 0.610. The van der Waals surface area contributed by atoms with E-state index in [1.165, 1.54) is 33.0 Å². The SMILES string of the molecule is c1ccc(-c2ccc(-c3nc4c(ccc5c(-c6ccc(N(c7ccc(-c8cccc9ccccc89)cc7)c7cccc(-c8ccccc8)c7)cc6-c6ccccc6)cccc54)o3)cc2)cc1. The van der Waals surface area contributed by atoms with E-state index in [1.807, 2.05) is 6.07 Å². The van der Waals surface area contributed by atoms with Crippen LogP contribution in [-0.2, 0) is 0 Å². The molecule has 0 bridgehead atoms. The van der Waals surface area contributed by atoms with Crippen LogP contribution in [0.4, 0.5) is 17.1 Å². The van der Waals surface area contributed by atoms with Crippen LogP contribution in [0.1, 0.15) is 0 Å². The number of nitrogens with zero attached hydrogens (tertiary/aromatic N) is 2. The number of hydrogen-bond donors (Lipinski definition) is 0. The van der Waals surface area contributed by atoms with E-state index in [9.17, 15) is 0 Å². The molecule has 11 aromatic carbocycles. The van der Waals surface area contributed by atoms with Crippen molar-refractivity contribution in [3.05, 3.63) is 255 Å². The second-order valence-corrected chi connectivity index (χ2v) is 16.7. The topological polar surface area (TPSA) is 29.3 Å². The van der Waals surface area contributed by atoms with Gasteiger partial charge < -0.3 is 9.32 Å². The van der Waals surface area contributed by atoms with Gasteiger partial charge in [-0.2, -0.15) is 0 Å². The maximum Gasteiger partial charge on any atom is 0.227 e. The molecule has 0 amide bonds. The summed E-state index contributed by atoms with van der Waals surface area (Å²) in [6, 6.07) is 90.9. The van der Waals surface area contributed by atoms with Gasteiger partial charge in [0.15, 0.2) is 5.58 Å².